The van der Waals surface area contributed by atoms with Gasteiger partial charge in [-0.25, -0.2) is 0 Å². The molecule has 1 aromatic carbocycles. The number of fused-ring (bicyclic) bond motifs is 5. The van der Waals surface area contributed by atoms with Crippen LogP contribution in [0.25, 0.3) is 10.9 Å². The zero-order valence-electron chi connectivity index (χ0n) is 9.46. The molecule has 4 rings (SSSR count). The van der Waals surface area contributed by atoms with Crippen molar-refractivity contribution in [2.24, 2.45) is 9.98 Å². The summed E-state index contributed by atoms with van der Waals surface area (Å²) in [5.74, 6) is 1.64. The number of aromatic nitrogens is 1. The lowest BCUT2D eigenvalue weighted by molar-refractivity contribution is 0.327. The minimum atomic E-state index is 0.368. The van der Waals surface area contributed by atoms with Gasteiger partial charge in [-0.05, 0) is 12.1 Å². The molecule has 0 spiro atoms. The summed E-state index contributed by atoms with van der Waals surface area (Å²) in [6, 6.07) is 3.90. The second-order valence-electron chi connectivity index (χ2n) is 4.14. The van der Waals surface area contributed by atoms with Crippen molar-refractivity contribution in [2.45, 2.75) is 6.54 Å². The molecule has 0 bridgehead atoms. The molecule has 0 atom stereocenters. The van der Waals surface area contributed by atoms with Gasteiger partial charge < -0.3 is 9.47 Å². The molecule has 0 unspecified atom stereocenters. The number of rotatable bonds is 0. The van der Waals surface area contributed by atoms with Gasteiger partial charge in [0, 0.05) is 23.4 Å². The predicted molar refractivity (Wildman–Crippen MR) is 67.7 cm³/mol. The van der Waals surface area contributed by atoms with E-state index in [4.69, 9.17) is 9.47 Å². The number of aliphatic imine (C=N–C) groups is 2. The van der Waals surface area contributed by atoms with Crippen LogP contribution < -0.4 is 9.47 Å². The summed E-state index contributed by atoms with van der Waals surface area (Å²) in [4.78, 5) is 12.7. The van der Waals surface area contributed by atoms with Crippen molar-refractivity contribution in [3.63, 3.8) is 0 Å². The van der Waals surface area contributed by atoms with Crippen molar-refractivity contribution in [2.75, 3.05) is 6.73 Å². The number of hydrogen-bond acceptors (Lipinski definition) is 5. The van der Waals surface area contributed by atoms with Crippen LogP contribution in [0.5, 0.6) is 11.5 Å². The highest BCUT2D eigenvalue weighted by atomic mass is 16.5. The molecule has 5 heteroatoms. The first-order valence-electron chi connectivity index (χ1n) is 5.65. The molecule has 2 aliphatic heterocycles. The highest BCUT2D eigenvalue weighted by Crippen LogP contribution is 2.35. The van der Waals surface area contributed by atoms with E-state index >= 15 is 0 Å². The predicted octanol–water partition coefficient (Wildman–Crippen LogP) is 1.92. The van der Waals surface area contributed by atoms with E-state index < -0.39 is 0 Å². The Labute approximate surface area is 103 Å². The van der Waals surface area contributed by atoms with E-state index in [0.717, 1.165) is 33.5 Å². The number of benzene rings is 1. The van der Waals surface area contributed by atoms with Gasteiger partial charge in [0.05, 0.1) is 17.6 Å². The average molecular weight is 239 g/mol. The summed E-state index contributed by atoms with van der Waals surface area (Å²) < 4.78 is 11.0. The van der Waals surface area contributed by atoms with Crippen LogP contribution >= 0.6 is 0 Å². The van der Waals surface area contributed by atoms with Gasteiger partial charge >= 0.3 is 0 Å². The molecule has 0 N–H and O–H groups in total. The van der Waals surface area contributed by atoms with E-state index in [1.165, 1.54) is 6.40 Å². The minimum Gasteiger partial charge on any atom is -0.471 e. The number of ether oxygens (including phenoxy) is 2. The first kappa shape index (κ1) is 9.58. The SMILES string of the molecule is C1=NCOc2ccc3c4c(cnc3c21)CN=CO4. The van der Waals surface area contributed by atoms with E-state index in [-0.39, 0.29) is 0 Å². The molecule has 2 aliphatic rings. The summed E-state index contributed by atoms with van der Waals surface area (Å²) in [6.45, 7) is 0.979. The van der Waals surface area contributed by atoms with Crippen LogP contribution in [0, 0.1) is 0 Å². The lowest BCUT2D eigenvalue weighted by atomic mass is 10.1. The Morgan fingerprint density at radius 2 is 2.17 bits per heavy atom. The van der Waals surface area contributed by atoms with E-state index in [0.29, 0.717) is 13.3 Å². The van der Waals surface area contributed by atoms with E-state index in [1.54, 1.807) is 12.4 Å². The quantitative estimate of drug-likeness (QED) is 0.705. The molecule has 0 saturated carbocycles. The van der Waals surface area contributed by atoms with Gasteiger partial charge in [0.1, 0.15) is 11.5 Å². The summed E-state index contributed by atoms with van der Waals surface area (Å²) in [6.07, 6.45) is 5.08. The second-order valence-corrected chi connectivity index (χ2v) is 4.14. The van der Waals surface area contributed by atoms with Crippen molar-refractivity contribution in [3.8, 4) is 11.5 Å². The van der Waals surface area contributed by atoms with E-state index in [9.17, 15) is 0 Å². The van der Waals surface area contributed by atoms with Crippen molar-refractivity contribution in [1.29, 1.82) is 0 Å². The maximum Gasteiger partial charge on any atom is 0.179 e. The molecule has 18 heavy (non-hydrogen) atoms. The lowest BCUT2D eigenvalue weighted by Crippen LogP contribution is -2.07. The first-order valence-corrected chi connectivity index (χ1v) is 5.65. The molecule has 5 nitrogen and oxygen atoms in total. The Kier molecular flexibility index (Phi) is 1.88. The summed E-state index contributed by atoms with van der Waals surface area (Å²) >= 11 is 0. The Morgan fingerprint density at radius 1 is 1.17 bits per heavy atom. The third kappa shape index (κ3) is 1.24. The zero-order chi connectivity index (χ0) is 11.9. The summed E-state index contributed by atoms with van der Waals surface area (Å²) in [7, 11) is 0. The summed E-state index contributed by atoms with van der Waals surface area (Å²) in [5, 5.41) is 0.967. The van der Waals surface area contributed by atoms with Crippen LogP contribution in [0.15, 0.2) is 28.3 Å². The number of pyridine rings is 1. The Hall–Kier alpha value is -2.43. The van der Waals surface area contributed by atoms with Crippen LogP contribution in [-0.2, 0) is 6.54 Å². The fourth-order valence-corrected chi connectivity index (χ4v) is 2.25. The monoisotopic (exact) mass is 239 g/mol. The van der Waals surface area contributed by atoms with Gasteiger partial charge in [0.15, 0.2) is 13.1 Å². The maximum absolute atomic E-state index is 5.51. The fraction of sp³-hybridized carbons (Fsp3) is 0.154. The fourth-order valence-electron chi connectivity index (χ4n) is 2.25. The van der Waals surface area contributed by atoms with Crippen molar-refractivity contribution in [3.05, 3.63) is 29.5 Å². The summed E-state index contributed by atoms with van der Waals surface area (Å²) in [5.41, 5.74) is 2.76. The smallest absolute Gasteiger partial charge is 0.179 e. The van der Waals surface area contributed by atoms with Gasteiger partial charge in [0.2, 0.25) is 0 Å². The molecule has 0 saturated heterocycles. The van der Waals surface area contributed by atoms with Crippen molar-refractivity contribution in [1.82, 2.24) is 4.98 Å². The topological polar surface area (TPSA) is 56.1 Å². The highest BCUT2D eigenvalue weighted by molar-refractivity contribution is 6.03. The molecule has 1 aromatic heterocycles. The third-order valence-electron chi connectivity index (χ3n) is 3.08. The number of hydrogen-bond donors (Lipinski definition) is 0. The highest BCUT2D eigenvalue weighted by Gasteiger charge is 2.17. The van der Waals surface area contributed by atoms with Crippen molar-refractivity contribution < 1.29 is 9.47 Å². The van der Waals surface area contributed by atoms with Crippen LogP contribution in [0.2, 0.25) is 0 Å². The van der Waals surface area contributed by atoms with E-state index in [1.807, 2.05) is 12.1 Å². The van der Waals surface area contributed by atoms with Gasteiger partial charge in [-0.1, -0.05) is 0 Å². The third-order valence-corrected chi connectivity index (χ3v) is 3.08. The van der Waals surface area contributed by atoms with Gasteiger partial charge in [0.25, 0.3) is 0 Å². The second kappa shape index (κ2) is 3.53. The van der Waals surface area contributed by atoms with Gasteiger partial charge in [-0.3, -0.25) is 15.0 Å². The van der Waals surface area contributed by atoms with Gasteiger partial charge in [-0.15, -0.1) is 0 Å². The molecule has 2 aromatic rings. The van der Waals surface area contributed by atoms with Gasteiger partial charge in [-0.2, -0.15) is 0 Å². The average Bonchev–Trinajstić information content (AvgIpc) is 2.46. The Balaban J connectivity index is 2.07. The van der Waals surface area contributed by atoms with E-state index in [2.05, 4.69) is 15.0 Å². The largest absolute Gasteiger partial charge is 0.471 e. The number of nitrogens with zero attached hydrogens (tertiary/aromatic N) is 3. The molecule has 0 aliphatic carbocycles. The maximum atomic E-state index is 5.51. The normalized spacial score (nSPS) is 15.8. The molecular formula is C13H9N3O2. The van der Waals surface area contributed by atoms with Crippen LogP contribution in [0.3, 0.4) is 0 Å². The lowest BCUT2D eigenvalue weighted by Gasteiger charge is -2.17. The molecule has 0 radical (unpaired) electrons. The Bertz CT molecular complexity index is 707. The minimum absolute atomic E-state index is 0.368. The zero-order valence-corrected chi connectivity index (χ0v) is 9.46. The van der Waals surface area contributed by atoms with Crippen LogP contribution in [0.4, 0.5) is 0 Å². The van der Waals surface area contributed by atoms with Crippen LogP contribution in [0.1, 0.15) is 11.1 Å². The molecule has 0 fully saturated rings. The van der Waals surface area contributed by atoms with Crippen molar-refractivity contribution >= 4 is 23.5 Å². The molecule has 0 amide bonds. The Morgan fingerprint density at radius 3 is 3.17 bits per heavy atom. The standard InChI is InChI=1S/C13H9N3O2/c1-2-11-10(5-15-6-17-11)12-9(1)13-8(4-16-12)3-14-7-18-13/h1-2,4-5,7H,3,6H2. The molecular weight excluding hydrogens is 230 g/mol. The molecule has 88 valence electrons. The molecule has 3 heterocycles. The first-order chi connectivity index (χ1) is 8.93. The van der Waals surface area contributed by atoms with Crippen LogP contribution in [-0.4, -0.2) is 24.3 Å².